The SMILES string of the molecule is COc1ccc(C(O)C(F)(F)CO)cc1. The predicted octanol–water partition coefficient (Wildman–Crippen LogP) is 1.36. The Balaban J connectivity index is 2.87. The summed E-state index contributed by atoms with van der Waals surface area (Å²) in [6.45, 7) is -1.39. The van der Waals surface area contributed by atoms with Crippen LogP contribution >= 0.6 is 0 Å². The number of aliphatic hydroxyl groups excluding tert-OH is 2. The van der Waals surface area contributed by atoms with Crippen molar-refractivity contribution >= 4 is 0 Å². The Hall–Kier alpha value is -1.20. The van der Waals surface area contributed by atoms with E-state index in [0.717, 1.165) is 0 Å². The Bertz CT molecular complexity index is 311. The molecule has 0 aliphatic carbocycles. The Morgan fingerprint density at radius 2 is 1.87 bits per heavy atom. The van der Waals surface area contributed by atoms with Gasteiger partial charge in [0, 0.05) is 0 Å². The average molecular weight is 218 g/mol. The smallest absolute Gasteiger partial charge is 0.300 e. The first kappa shape index (κ1) is 11.9. The highest BCUT2D eigenvalue weighted by Crippen LogP contribution is 2.31. The van der Waals surface area contributed by atoms with Crippen LogP contribution in [0.2, 0.25) is 0 Å². The summed E-state index contributed by atoms with van der Waals surface area (Å²) in [5, 5.41) is 17.7. The third kappa shape index (κ3) is 2.64. The zero-order valence-corrected chi connectivity index (χ0v) is 8.15. The van der Waals surface area contributed by atoms with E-state index in [1.54, 1.807) is 0 Å². The highest BCUT2D eigenvalue weighted by Gasteiger charge is 2.38. The fourth-order valence-corrected chi connectivity index (χ4v) is 1.12. The molecule has 0 aliphatic heterocycles. The van der Waals surface area contributed by atoms with E-state index in [4.69, 9.17) is 9.84 Å². The largest absolute Gasteiger partial charge is 0.497 e. The normalized spacial score (nSPS) is 13.7. The maximum absolute atomic E-state index is 12.9. The minimum absolute atomic E-state index is 0.0369. The number of hydrogen-bond acceptors (Lipinski definition) is 3. The lowest BCUT2D eigenvalue weighted by molar-refractivity contribution is -0.138. The van der Waals surface area contributed by atoms with Gasteiger partial charge in [0.2, 0.25) is 0 Å². The van der Waals surface area contributed by atoms with Gasteiger partial charge in [-0.05, 0) is 17.7 Å². The van der Waals surface area contributed by atoms with Gasteiger partial charge in [-0.3, -0.25) is 0 Å². The summed E-state index contributed by atoms with van der Waals surface area (Å²) in [5.74, 6) is -3.02. The monoisotopic (exact) mass is 218 g/mol. The summed E-state index contributed by atoms with van der Waals surface area (Å²) in [4.78, 5) is 0. The van der Waals surface area contributed by atoms with E-state index in [1.165, 1.54) is 31.4 Å². The highest BCUT2D eigenvalue weighted by atomic mass is 19.3. The summed E-state index contributed by atoms with van der Waals surface area (Å²) in [6, 6.07) is 5.58. The first-order valence-electron chi connectivity index (χ1n) is 4.32. The molecule has 0 amide bonds. The van der Waals surface area contributed by atoms with E-state index in [-0.39, 0.29) is 5.56 Å². The maximum Gasteiger partial charge on any atom is 0.300 e. The van der Waals surface area contributed by atoms with Gasteiger partial charge in [-0.1, -0.05) is 12.1 Å². The number of methoxy groups -OCH3 is 1. The summed E-state index contributed by atoms with van der Waals surface area (Å²) in [5.41, 5.74) is 0.0369. The third-order valence-electron chi connectivity index (χ3n) is 2.04. The summed E-state index contributed by atoms with van der Waals surface area (Å²) in [6.07, 6.45) is -2.01. The molecule has 84 valence electrons. The van der Waals surface area contributed by atoms with Gasteiger partial charge in [-0.15, -0.1) is 0 Å². The number of alkyl halides is 2. The lowest BCUT2D eigenvalue weighted by Gasteiger charge is -2.20. The van der Waals surface area contributed by atoms with Gasteiger partial charge >= 0.3 is 0 Å². The Labute approximate surface area is 85.9 Å². The van der Waals surface area contributed by atoms with E-state index in [9.17, 15) is 13.9 Å². The van der Waals surface area contributed by atoms with Crippen LogP contribution in [0.3, 0.4) is 0 Å². The maximum atomic E-state index is 12.9. The highest BCUT2D eigenvalue weighted by molar-refractivity contribution is 5.29. The van der Waals surface area contributed by atoms with Gasteiger partial charge in [0.1, 0.15) is 18.5 Å². The molecule has 5 heteroatoms. The van der Waals surface area contributed by atoms with Crippen LogP contribution < -0.4 is 4.74 Å². The molecule has 0 saturated carbocycles. The number of halogens is 2. The Morgan fingerprint density at radius 3 is 2.27 bits per heavy atom. The second-order valence-corrected chi connectivity index (χ2v) is 3.09. The number of rotatable bonds is 4. The van der Waals surface area contributed by atoms with Crippen molar-refractivity contribution in [3.8, 4) is 5.75 Å². The molecule has 0 radical (unpaired) electrons. The van der Waals surface area contributed by atoms with Crippen LogP contribution in [0, 0.1) is 0 Å². The van der Waals surface area contributed by atoms with Crippen LogP contribution in [0.4, 0.5) is 8.78 Å². The lowest BCUT2D eigenvalue weighted by Crippen LogP contribution is -2.30. The van der Waals surface area contributed by atoms with Crippen molar-refractivity contribution in [2.75, 3.05) is 13.7 Å². The number of hydrogen-bond donors (Lipinski definition) is 2. The average Bonchev–Trinajstić information content (AvgIpc) is 2.28. The molecule has 0 bridgehead atoms. The van der Waals surface area contributed by atoms with E-state index in [0.29, 0.717) is 5.75 Å². The third-order valence-corrected chi connectivity index (χ3v) is 2.04. The van der Waals surface area contributed by atoms with E-state index >= 15 is 0 Å². The van der Waals surface area contributed by atoms with Crippen molar-refractivity contribution in [2.45, 2.75) is 12.0 Å². The zero-order valence-electron chi connectivity index (χ0n) is 8.15. The van der Waals surface area contributed by atoms with Gasteiger partial charge in [-0.2, -0.15) is 0 Å². The quantitative estimate of drug-likeness (QED) is 0.802. The van der Waals surface area contributed by atoms with Gasteiger partial charge in [-0.25, -0.2) is 8.78 Å². The van der Waals surface area contributed by atoms with Gasteiger partial charge in [0.15, 0.2) is 0 Å². The van der Waals surface area contributed by atoms with Crippen molar-refractivity contribution in [2.24, 2.45) is 0 Å². The summed E-state index contributed by atoms with van der Waals surface area (Å²) >= 11 is 0. The van der Waals surface area contributed by atoms with Crippen LogP contribution in [-0.2, 0) is 0 Å². The molecule has 0 spiro atoms. The molecule has 0 aliphatic rings. The second-order valence-electron chi connectivity index (χ2n) is 3.09. The van der Waals surface area contributed by atoms with Crippen molar-refractivity contribution in [1.82, 2.24) is 0 Å². The van der Waals surface area contributed by atoms with E-state index in [2.05, 4.69) is 0 Å². The number of benzene rings is 1. The predicted molar refractivity (Wildman–Crippen MR) is 50.0 cm³/mol. The molecule has 1 atom stereocenters. The van der Waals surface area contributed by atoms with Gasteiger partial charge < -0.3 is 14.9 Å². The van der Waals surface area contributed by atoms with Crippen LogP contribution in [0.1, 0.15) is 11.7 Å². The van der Waals surface area contributed by atoms with Gasteiger partial charge in [0.25, 0.3) is 5.92 Å². The van der Waals surface area contributed by atoms with E-state index < -0.39 is 18.6 Å². The number of aliphatic hydroxyl groups is 2. The molecule has 2 N–H and O–H groups in total. The first-order chi connectivity index (χ1) is 7.01. The second kappa shape index (κ2) is 4.55. The molecule has 0 fully saturated rings. The molecule has 1 aromatic carbocycles. The molecule has 1 unspecified atom stereocenters. The fourth-order valence-electron chi connectivity index (χ4n) is 1.12. The topological polar surface area (TPSA) is 49.7 Å². The summed E-state index contributed by atoms with van der Waals surface area (Å²) < 4.78 is 30.6. The molecule has 0 saturated heterocycles. The summed E-state index contributed by atoms with van der Waals surface area (Å²) in [7, 11) is 1.45. The fraction of sp³-hybridized carbons (Fsp3) is 0.400. The van der Waals surface area contributed by atoms with Gasteiger partial charge in [0.05, 0.1) is 7.11 Å². The van der Waals surface area contributed by atoms with Crippen molar-refractivity contribution in [3.63, 3.8) is 0 Å². The molecule has 0 heterocycles. The molecule has 3 nitrogen and oxygen atoms in total. The molecular formula is C10H12F2O3. The minimum atomic E-state index is -3.53. The minimum Gasteiger partial charge on any atom is -0.497 e. The van der Waals surface area contributed by atoms with Crippen molar-refractivity contribution in [3.05, 3.63) is 29.8 Å². The van der Waals surface area contributed by atoms with Crippen LogP contribution in [-0.4, -0.2) is 29.9 Å². The first-order valence-corrected chi connectivity index (χ1v) is 4.32. The Kier molecular flexibility index (Phi) is 3.60. The van der Waals surface area contributed by atoms with Crippen LogP contribution in [0.5, 0.6) is 5.75 Å². The standard InChI is InChI=1S/C10H12F2O3/c1-15-8-4-2-7(3-5-8)9(14)10(11,12)6-13/h2-5,9,13-14H,6H2,1H3. The number of ether oxygens (including phenoxy) is 1. The van der Waals surface area contributed by atoms with Crippen LogP contribution in [0.25, 0.3) is 0 Å². The zero-order chi connectivity index (χ0) is 11.5. The van der Waals surface area contributed by atoms with Crippen molar-refractivity contribution < 1.29 is 23.7 Å². The molecule has 15 heavy (non-hydrogen) atoms. The Morgan fingerprint density at radius 1 is 1.33 bits per heavy atom. The molecular weight excluding hydrogens is 206 g/mol. The van der Waals surface area contributed by atoms with Crippen LogP contribution in [0.15, 0.2) is 24.3 Å². The lowest BCUT2D eigenvalue weighted by atomic mass is 10.0. The molecule has 1 rings (SSSR count). The van der Waals surface area contributed by atoms with Crippen molar-refractivity contribution in [1.29, 1.82) is 0 Å². The molecule has 1 aromatic rings. The van der Waals surface area contributed by atoms with E-state index in [1.807, 2.05) is 0 Å². The molecule has 0 aromatic heterocycles.